The molecule has 2 fully saturated rings. The molecule has 5 nitrogen and oxygen atoms in total. The third kappa shape index (κ3) is 4.93. The van der Waals surface area contributed by atoms with E-state index < -0.39 is 0 Å². The van der Waals surface area contributed by atoms with E-state index in [4.69, 9.17) is 4.74 Å². The molecular formula is C17H33N3O2. The molecule has 2 rings (SSSR count). The van der Waals surface area contributed by atoms with Gasteiger partial charge in [0.1, 0.15) is 0 Å². The van der Waals surface area contributed by atoms with Crippen molar-refractivity contribution in [3.05, 3.63) is 0 Å². The molecule has 0 radical (unpaired) electrons. The van der Waals surface area contributed by atoms with Gasteiger partial charge in [-0.1, -0.05) is 19.3 Å². The zero-order valence-corrected chi connectivity index (χ0v) is 14.5. The van der Waals surface area contributed by atoms with Crippen LogP contribution in [0.2, 0.25) is 0 Å². The van der Waals surface area contributed by atoms with Crippen molar-refractivity contribution in [2.75, 3.05) is 39.8 Å². The van der Waals surface area contributed by atoms with Crippen molar-refractivity contribution < 1.29 is 9.53 Å². The highest BCUT2D eigenvalue weighted by atomic mass is 16.5. The van der Waals surface area contributed by atoms with Crippen LogP contribution in [0.4, 0.5) is 0 Å². The maximum absolute atomic E-state index is 12.7. The average molecular weight is 311 g/mol. The highest BCUT2D eigenvalue weighted by Gasteiger charge is 2.28. The number of hydrogen-bond donors (Lipinski definition) is 1. The number of likely N-dealkylation sites (N-methyl/N-ethyl adjacent to an activating group) is 2. The number of nitrogens with zero attached hydrogens (tertiary/aromatic N) is 2. The van der Waals surface area contributed by atoms with Gasteiger partial charge in [-0.15, -0.1) is 0 Å². The summed E-state index contributed by atoms with van der Waals surface area (Å²) in [6, 6.07) is 0.324. The Balaban J connectivity index is 1.79. The molecule has 1 saturated heterocycles. The fraction of sp³-hybridized carbons (Fsp3) is 0.941. The topological polar surface area (TPSA) is 44.8 Å². The summed E-state index contributed by atoms with van der Waals surface area (Å²) in [5.41, 5.74) is 0. The zero-order valence-electron chi connectivity index (χ0n) is 14.5. The molecule has 2 atom stereocenters. The maximum atomic E-state index is 12.7. The van der Waals surface area contributed by atoms with Crippen LogP contribution >= 0.6 is 0 Å². The lowest BCUT2D eigenvalue weighted by atomic mass is 9.94. The van der Waals surface area contributed by atoms with Gasteiger partial charge in [0, 0.05) is 32.2 Å². The van der Waals surface area contributed by atoms with Crippen LogP contribution in [0.3, 0.4) is 0 Å². The summed E-state index contributed by atoms with van der Waals surface area (Å²) in [5.74, 6) is 0.249. The van der Waals surface area contributed by atoms with Crippen molar-refractivity contribution in [1.29, 1.82) is 0 Å². The number of ether oxygens (including phenoxy) is 1. The first-order chi connectivity index (χ1) is 10.6. The third-order valence-electron chi connectivity index (χ3n) is 5.00. The summed E-state index contributed by atoms with van der Waals surface area (Å²) in [6.07, 6.45) is 6.38. The summed E-state index contributed by atoms with van der Waals surface area (Å²) < 4.78 is 5.75. The largest absolute Gasteiger partial charge is 0.374 e. The Kier molecular flexibility index (Phi) is 7.12. The smallest absolute Gasteiger partial charge is 0.239 e. The molecule has 0 aromatic heterocycles. The van der Waals surface area contributed by atoms with Gasteiger partial charge in [0.2, 0.25) is 5.91 Å². The maximum Gasteiger partial charge on any atom is 0.239 e. The molecule has 0 spiro atoms. The molecule has 1 saturated carbocycles. The van der Waals surface area contributed by atoms with Crippen LogP contribution in [0.5, 0.6) is 0 Å². The Labute approximate surface area is 135 Å². The van der Waals surface area contributed by atoms with E-state index in [1.165, 1.54) is 32.1 Å². The highest BCUT2D eigenvalue weighted by molar-refractivity contribution is 5.81. The first-order valence-corrected chi connectivity index (χ1v) is 8.95. The minimum absolute atomic E-state index is 0.127. The second-order valence-electron chi connectivity index (χ2n) is 6.80. The Hall–Kier alpha value is -0.650. The van der Waals surface area contributed by atoms with Crippen LogP contribution in [0.1, 0.15) is 46.0 Å². The predicted molar refractivity (Wildman–Crippen MR) is 89.0 cm³/mol. The average Bonchev–Trinajstić information content (AvgIpc) is 2.54. The van der Waals surface area contributed by atoms with Gasteiger partial charge in [0.15, 0.2) is 0 Å². The monoisotopic (exact) mass is 311 g/mol. The predicted octanol–water partition coefficient (Wildman–Crippen LogP) is 1.48. The Morgan fingerprint density at radius 3 is 2.73 bits per heavy atom. The fourth-order valence-corrected chi connectivity index (χ4v) is 3.62. The van der Waals surface area contributed by atoms with Crippen LogP contribution in [0.25, 0.3) is 0 Å². The molecule has 2 aliphatic rings. The van der Waals surface area contributed by atoms with E-state index >= 15 is 0 Å². The zero-order chi connectivity index (χ0) is 15.9. The van der Waals surface area contributed by atoms with E-state index in [0.29, 0.717) is 6.04 Å². The van der Waals surface area contributed by atoms with Crippen molar-refractivity contribution in [2.24, 2.45) is 0 Å². The van der Waals surface area contributed by atoms with Crippen LogP contribution in [0, 0.1) is 0 Å². The molecule has 0 unspecified atom stereocenters. The van der Waals surface area contributed by atoms with Crippen LogP contribution in [-0.2, 0) is 9.53 Å². The summed E-state index contributed by atoms with van der Waals surface area (Å²) >= 11 is 0. The number of hydrogen-bond acceptors (Lipinski definition) is 4. The number of nitrogens with one attached hydrogen (secondary N) is 1. The Morgan fingerprint density at radius 2 is 2.09 bits per heavy atom. The molecule has 0 aromatic rings. The van der Waals surface area contributed by atoms with Gasteiger partial charge in [0.05, 0.1) is 18.8 Å². The van der Waals surface area contributed by atoms with Gasteiger partial charge >= 0.3 is 0 Å². The molecule has 22 heavy (non-hydrogen) atoms. The van der Waals surface area contributed by atoms with Crippen molar-refractivity contribution in [3.8, 4) is 0 Å². The summed E-state index contributed by atoms with van der Waals surface area (Å²) in [7, 11) is 2.12. The second kappa shape index (κ2) is 8.85. The molecular weight excluding hydrogens is 278 g/mol. The van der Waals surface area contributed by atoms with Gasteiger partial charge in [-0.05, 0) is 33.7 Å². The molecule has 1 aliphatic carbocycles. The van der Waals surface area contributed by atoms with Crippen molar-refractivity contribution in [1.82, 2.24) is 15.1 Å². The quantitative estimate of drug-likeness (QED) is 0.807. The van der Waals surface area contributed by atoms with Gasteiger partial charge in [-0.2, -0.15) is 0 Å². The SMILES string of the molecule is CCN(C(=O)[C@@H](C)NC[C@@H]1CN(C)CCO1)C1CCCCC1. The Morgan fingerprint density at radius 1 is 1.36 bits per heavy atom. The molecule has 5 heteroatoms. The van der Waals surface area contributed by atoms with Crippen molar-refractivity contribution in [2.45, 2.75) is 64.1 Å². The molecule has 1 N–H and O–H groups in total. The van der Waals surface area contributed by atoms with Crippen molar-refractivity contribution >= 4 is 5.91 Å². The number of amides is 1. The lowest BCUT2D eigenvalue weighted by Crippen LogP contribution is -2.52. The first-order valence-electron chi connectivity index (χ1n) is 8.95. The van der Waals surface area contributed by atoms with Gasteiger partial charge < -0.3 is 19.9 Å². The van der Waals surface area contributed by atoms with E-state index in [-0.39, 0.29) is 18.1 Å². The van der Waals surface area contributed by atoms with Crippen molar-refractivity contribution in [3.63, 3.8) is 0 Å². The van der Waals surface area contributed by atoms with E-state index in [1.807, 2.05) is 6.92 Å². The minimum atomic E-state index is -0.127. The normalized spacial score (nSPS) is 25.9. The number of morpholine rings is 1. The van der Waals surface area contributed by atoms with Crippen LogP contribution in [0.15, 0.2) is 0 Å². The molecule has 1 amide bonds. The molecule has 0 bridgehead atoms. The van der Waals surface area contributed by atoms with Gasteiger partial charge in [-0.3, -0.25) is 4.79 Å². The number of carbonyl (C=O) groups excluding carboxylic acids is 1. The number of rotatable bonds is 6. The highest BCUT2D eigenvalue weighted by Crippen LogP contribution is 2.23. The van der Waals surface area contributed by atoms with Gasteiger partial charge in [0.25, 0.3) is 0 Å². The van der Waals surface area contributed by atoms with E-state index in [0.717, 1.165) is 32.8 Å². The lowest BCUT2D eigenvalue weighted by Gasteiger charge is -2.36. The molecule has 0 aromatic carbocycles. The molecule has 128 valence electrons. The molecule has 1 aliphatic heterocycles. The second-order valence-corrected chi connectivity index (χ2v) is 6.80. The number of carbonyl (C=O) groups is 1. The van der Waals surface area contributed by atoms with Gasteiger partial charge in [-0.25, -0.2) is 0 Å². The summed E-state index contributed by atoms with van der Waals surface area (Å²) in [4.78, 5) is 17.1. The molecule has 1 heterocycles. The summed E-state index contributed by atoms with van der Waals surface area (Å²) in [5, 5.41) is 3.38. The standard InChI is InChI=1S/C17H33N3O2/c1-4-20(15-8-6-5-7-9-15)17(21)14(2)18-12-16-13-19(3)10-11-22-16/h14-16,18H,4-13H2,1-3H3/t14-,16-/m1/s1. The van der Waals surface area contributed by atoms with Crippen LogP contribution < -0.4 is 5.32 Å². The summed E-state index contributed by atoms with van der Waals surface area (Å²) in [6.45, 7) is 8.37. The van der Waals surface area contributed by atoms with Crippen LogP contribution in [-0.4, -0.2) is 73.7 Å². The third-order valence-corrected chi connectivity index (χ3v) is 5.00. The Bertz CT molecular complexity index is 345. The lowest BCUT2D eigenvalue weighted by molar-refractivity contribution is -0.136. The minimum Gasteiger partial charge on any atom is -0.374 e. The van der Waals surface area contributed by atoms with E-state index in [2.05, 4.69) is 29.1 Å². The van der Waals surface area contributed by atoms with E-state index in [1.54, 1.807) is 0 Å². The first kappa shape index (κ1) is 17.7. The fourth-order valence-electron chi connectivity index (χ4n) is 3.62. The van der Waals surface area contributed by atoms with E-state index in [9.17, 15) is 4.79 Å².